The summed E-state index contributed by atoms with van der Waals surface area (Å²) in [6, 6.07) is 2.84. The summed E-state index contributed by atoms with van der Waals surface area (Å²) in [5.74, 6) is 0.0560. The number of anilines is 2. The molecule has 1 rings (SSSR count). The van der Waals surface area contributed by atoms with Gasteiger partial charge in [-0.25, -0.2) is 4.98 Å². The van der Waals surface area contributed by atoms with E-state index in [1.807, 2.05) is 0 Å². The third-order valence-corrected chi connectivity index (χ3v) is 1.47. The highest BCUT2D eigenvalue weighted by molar-refractivity contribution is 5.90. The highest BCUT2D eigenvalue weighted by Crippen LogP contribution is 2.21. The van der Waals surface area contributed by atoms with E-state index >= 15 is 0 Å². The van der Waals surface area contributed by atoms with Crippen molar-refractivity contribution in [2.75, 3.05) is 11.1 Å². The molecule has 0 aliphatic carbocycles. The minimum atomic E-state index is -0.214. The monoisotopic (exact) mass is 181 g/mol. The van der Waals surface area contributed by atoms with Crippen LogP contribution in [0.25, 0.3) is 0 Å². The number of carbonyl (C=O) groups is 1. The number of carbonyl (C=O) groups excluding carboxylic acids is 1. The van der Waals surface area contributed by atoms with E-state index in [0.29, 0.717) is 6.42 Å². The minimum absolute atomic E-state index is 0.0870. The maximum absolute atomic E-state index is 10.9. The fourth-order valence-electron chi connectivity index (χ4n) is 0.779. The number of nitrogens with zero attached hydrogens (tertiary/aromatic N) is 1. The molecule has 0 aliphatic heterocycles. The Morgan fingerprint density at radius 1 is 1.69 bits per heavy atom. The lowest BCUT2D eigenvalue weighted by Gasteiger charge is -2.04. The lowest BCUT2D eigenvalue weighted by Crippen LogP contribution is -2.11. The second-order valence-corrected chi connectivity index (χ2v) is 2.51. The number of pyridine rings is 1. The number of amides is 1. The predicted octanol–water partition coefficient (Wildman–Crippen LogP) is 0.718. The van der Waals surface area contributed by atoms with Gasteiger partial charge in [0.1, 0.15) is 5.82 Å². The Labute approximate surface area is 75.6 Å². The van der Waals surface area contributed by atoms with Crippen LogP contribution in [0.4, 0.5) is 11.6 Å². The topological polar surface area (TPSA) is 88.2 Å². The van der Waals surface area contributed by atoms with E-state index < -0.39 is 0 Å². The molecular weight excluding hydrogens is 170 g/mol. The van der Waals surface area contributed by atoms with Gasteiger partial charge in [-0.2, -0.15) is 0 Å². The average Bonchev–Trinajstić information content (AvgIpc) is 2.11. The van der Waals surface area contributed by atoms with Crippen molar-refractivity contribution in [2.24, 2.45) is 0 Å². The van der Waals surface area contributed by atoms with Gasteiger partial charge in [-0.3, -0.25) is 4.79 Å². The Morgan fingerprint density at radius 3 is 3.00 bits per heavy atom. The molecular formula is C8H11N3O2. The van der Waals surface area contributed by atoms with Gasteiger partial charge in [-0.05, 0) is 12.1 Å². The Balaban J connectivity index is 2.87. The maximum Gasteiger partial charge on any atom is 0.225 e. The number of nitrogens with one attached hydrogen (secondary N) is 1. The van der Waals surface area contributed by atoms with Gasteiger partial charge in [0, 0.05) is 6.42 Å². The third kappa shape index (κ3) is 2.33. The summed E-state index contributed by atoms with van der Waals surface area (Å²) in [7, 11) is 0. The Bertz CT molecular complexity index is 325. The van der Waals surface area contributed by atoms with Gasteiger partial charge in [0.15, 0.2) is 11.6 Å². The van der Waals surface area contributed by atoms with Crippen LogP contribution in [0.3, 0.4) is 0 Å². The molecule has 0 unspecified atom stereocenters. The number of hydrogen-bond donors (Lipinski definition) is 3. The van der Waals surface area contributed by atoms with Crippen LogP contribution in [0.5, 0.6) is 5.75 Å². The van der Waals surface area contributed by atoms with Crippen LogP contribution in [0.2, 0.25) is 0 Å². The number of nitrogen functional groups attached to an aromatic ring is 1. The van der Waals surface area contributed by atoms with E-state index in [9.17, 15) is 9.90 Å². The summed E-state index contributed by atoms with van der Waals surface area (Å²) in [5.41, 5.74) is 5.37. The summed E-state index contributed by atoms with van der Waals surface area (Å²) in [5, 5.41) is 11.7. The molecule has 70 valence electrons. The molecule has 0 atom stereocenters. The molecule has 0 saturated carbocycles. The Kier molecular flexibility index (Phi) is 2.69. The molecule has 1 heterocycles. The molecule has 4 N–H and O–H groups in total. The van der Waals surface area contributed by atoms with Crippen LogP contribution < -0.4 is 11.1 Å². The van der Waals surface area contributed by atoms with Gasteiger partial charge < -0.3 is 16.2 Å². The van der Waals surface area contributed by atoms with Crippen molar-refractivity contribution in [3.63, 3.8) is 0 Å². The molecule has 0 aromatic carbocycles. The van der Waals surface area contributed by atoms with Crippen molar-refractivity contribution in [1.82, 2.24) is 4.98 Å². The molecule has 5 nitrogen and oxygen atoms in total. The molecule has 1 aromatic rings. The second-order valence-electron chi connectivity index (χ2n) is 2.51. The number of rotatable bonds is 2. The Morgan fingerprint density at radius 2 is 2.38 bits per heavy atom. The van der Waals surface area contributed by atoms with Crippen molar-refractivity contribution >= 4 is 17.5 Å². The highest BCUT2D eigenvalue weighted by Gasteiger charge is 2.05. The van der Waals surface area contributed by atoms with E-state index in [0.717, 1.165) is 0 Å². The minimum Gasteiger partial charge on any atom is -0.504 e. The van der Waals surface area contributed by atoms with Gasteiger partial charge in [0.05, 0.1) is 0 Å². The van der Waals surface area contributed by atoms with Crippen molar-refractivity contribution < 1.29 is 9.90 Å². The van der Waals surface area contributed by atoms with E-state index in [-0.39, 0.29) is 23.3 Å². The average molecular weight is 181 g/mol. The SMILES string of the molecule is CCC(=O)Nc1nc(N)ccc1O. The zero-order valence-corrected chi connectivity index (χ0v) is 7.24. The van der Waals surface area contributed by atoms with Crippen molar-refractivity contribution in [3.8, 4) is 5.75 Å². The zero-order chi connectivity index (χ0) is 9.84. The first-order valence-electron chi connectivity index (χ1n) is 3.88. The fourth-order valence-corrected chi connectivity index (χ4v) is 0.779. The summed E-state index contributed by atoms with van der Waals surface area (Å²) in [6.07, 6.45) is 0.329. The van der Waals surface area contributed by atoms with Crippen LogP contribution >= 0.6 is 0 Å². The van der Waals surface area contributed by atoms with Gasteiger partial charge in [0.2, 0.25) is 5.91 Å². The Hall–Kier alpha value is -1.78. The number of aromatic hydroxyl groups is 1. The van der Waals surface area contributed by atoms with Gasteiger partial charge >= 0.3 is 0 Å². The summed E-state index contributed by atoms with van der Waals surface area (Å²) in [4.78, 5) is 14.7. The van der Waals surface area contributed by atoms with Crippen molar-refractivity contribution in [3.05, 3.63) is 12.1 Å². The molecule has 0 saturated heterocycles. The maximum atomic E-state index is 10.9. The van der Waals surface area contributed by atoms with Crippen LogP contribution in [0.15, 0.2) is 12.1 Å². The summed E-state index contributed by atoms with van der Waals surface area (Å²) < 4.78 is 0. The quantitative estimate of drug-likeness (QED) is 0.627. The van der Waals surface area contributed by atoms with E-state index in [2.05, 4.69) is 10.3 Å². The van der Waals surface area contributed by atoms with Crippen molar-refractivity contribution in [1.29, 1.82) is 0 Å². The number of nitrogens with two attached hydrogens (primary N) is 1. The first kappa shape index (κ1) is 9.31. The zero-order valence-electron chi connectivity index (χ0n) is 7.24. The summed E-state index contributed by atoms with van der Waals surface area (Å²) in [6.45, 7) is 1.71. The van der Waals surface area contributed by atoms with Crippen LogP contribution in [0.1, 0.15) is 13.3 Å². The smallest absolute Gasteiger partial charge is 0.225 e. The fraction of sp³-hybridized carbons (Fsp3) is 0.250. The van der Waals surface area contributed by atoms with Gasteiger partial charge in [0.25, 0.3) is 0 Å². The molecule has 1 aromatic heterocycles. The predicted molar refractivity (Wildman–Crippen MR) is 49.2 cm³/mol. The van der Waals surface area contributed by atoms with E-state index in [1.54, 1.807) is 6.92 Å². The number of aromatic nitrogens is 1. The molecule has 13 heavy (non-hydrogen) atoms. The molecule has 0 radical (unpaired) electrons. The lowest BCUT2D eigenvalue weighted by atomic mass is 10.4. The molecule has 0 bridgehead atoms. The first-order valence-corrected chi connectivity index (χ1v) is 3.88. The second kappa shape index (κ2) is 3.75. The van der Waals surface area contributed by atoms with Crippen LogP contribution in [-0.4, -0.2) is 16.0 Å². The largest absolute Gasteiger partial charge is 0.504 e. The van der Waals surface area contributed by atoms with E-state index in [4.69, 9.17) is 5.73 Å². The lowest BCUT2D eigenvalue weighted by molar-refractivity contribution is -0.115. The molecule has 0 spiro atoms. The standard InChI is InChI=1S/C8H11N3O2/c1-2-7(13)11-8-5(12)3-4-6(9)10-8/h3-4,12H,2H2,1H3,(H3,9,10,11,13). The van der Waals surface area contributed by atoms with Gasteiger partial charge in [-0.1, -0.05) is 6.92 Å². The summed E-state index contributed by atoms with van der Waals surface area (Å²) >= 11 is 0. The molecule has 1 amide bonds. The van der Waals surface area contributed by atoms with Gasteiger partial charge in [-0.15, -0.1) is 0 Å². The van der Waals surface area contributed by atoms with Crippen LogP contribution in [-0.2, 0) is 4.79 Å². The number of hydrogen-bond acceptors (Lipinski definition) is 4. The van der Waals surface area contributed by atoms with E-state index in [1.165, 1.54) is 12.1 Å². The molecule has 5 heteroatoms. The molecule has 0 aliphatic rings. The highest BCUT2D eigenvalue weighted by atomic mass is 16.3. The van der Waals surface area contributed by atoms with Crippen molar-refractivity contribution in [2.45, 2.75) is 13.3 Å². The van der Waals surface area contributed by atoms with Crippen LogP contribution in [0, 0.1) is 0 Å². The molecule has 0 fully saturated rings. The third-order valence-electron chi connectivity index (χ3n) is 1.47. The first-order chi connectivity index (χ1) is 6.13. The normalized spacial score (nSPS) is 9.62.